The summed E-state index contributed by atoms with van der Waals surface area (Å²) >= 11 is 0. The van der Waals surface area contributed by atoms with Crippen molar-refractivity contribution in [3.8, 4) is 5.75 Å². The van der Waals surface area contributed by atoms with E-state index in [4.69, 9.17) is 4.74 Å². The molecule has 16 heavy (non-hydrogen) atoms. The van der Waals surface area contributed by atoms with Crippen molar-refractivity contribution >= 4 is 6.29 Å². The van der Waals surface area contributed by atoms with Crippen LogP contribution >= 0.6 is 0 Å². The first-order chi connectivity index (χ1) is 7.87. The Morgan fingerprint density at radius 2 is 2.06 bits per heavy atom. The van der Waals surface area contributed by atoms with Gasteiger partial charge in [-0.1, -0.05) is 18.2 Å². The van der Waals surface area contributed by atoms with Gasteiger partial charge < -0.3 is 10.1 Å². The molecule has 0 aromatic heterocycles. The molecule has 2 heterocycles. The number of piperidine rings is 1. The van der Waals surface area contributed by atoms with Gasteiger partial charge in [-0.05, 0) is 32.0 Å². The summed E-state index contributed by atoms with van der Waals surface area (Å²) in [6, 6.07) is 8.05. The molecule has 0 saturated carbocycles. The van der Waals surface area contributed by atoms with Crippen molar-refractivity contribution in [1.82, 2.24) is 5.32 Å². The lowest BCUT2D eigenvalue weighted by atomic mass is 9.71. The Hall–Kier alpha value is -1.35. The zero-order valence-corrected chi connectivity index (χ0v) is 9.11. The van der Waals surface area contributed by atoms with E-state index in [0.717, 1.165) is 38.0 Å². The van der Waals surface area contributed by atoms with Crippen LogP contribution in [0.2, 0.25) is 0 Å². The maximum absolute atomic E-state index is 11.2. The van der Waals surface area contributed by atoms with Crippen LogP contribution in [0.15, 0.2) is 24.3 Å². The van der Waals surface area contributed by atoms with Crippen molar-refractivity contribution < 1.29 is 9.53 Å². The molecule has 2 aliphatic heterocycles. The second-order valence-corrected chi connectivity index (χ2v) is 4.58. The minimum Gasteiger partial charge on any atom is -0.482 e. The Kier molecular flexibility index (Phi) is 2.21. The van der Waals surface area contributed by atoms with Crippen LogP contribution in [0.4, 0.5) is 0 Å². The number of para-hydroxylation sites is 1. The molecule has 3 heteroatoms. The summed E-state index contributed by atoms with van der Waals surface area (Å²) in [5.41, 5.74) is 1.14. The number of hydrogen-bond acceptors (Lipinski definition) is 3. The summed E-state index contributed by atoms with van der Waals surface area (Å²) in [5, 5.41) is 3.34. The molecule has 3 rings (SSSR count). The standard InChI is InChI=1S/C13H15NO2/c15-9-12-13(5-7-14-8-6-13)10-3-1-2-4-11(10)16-12/h1-4,9,12,14H,5-8H2. The highest BCUT2D eigenvalue weighted by atomic mass is 16.5. The SMILES string of the molecule is O=CC1Oc2ccccc2C12CCNCC2. The molecule has 1 aromatic rings. The molecular formula is C13H15NO2. The quantitative estimate of drug-likeness (QED) is 0.720. The summed E-state index contributed by atoms with van der Waals surface area (Å²) < 4.78 is 5.75. The summed E-state index contributed by atoms with van der Waals surface area (Å²) in [6.45, 7) is 1.92. The summed E-state index contributed by atoms with van der Waals surface area (Å²) in [6.07, 6.45) is 2.62. The second kappa shape index (κ2) is 3.59. The van der Waals surface area contributed by atoms with E-state index in [2.05, 4.69) is 11.4 Å². The van der Waals surface area contributed by atoms with E-state index in [1.165, 1.54) is 5.56 Å². The third-order valence-corrected chi connectivity index (χ3v) is 3.84. The van der Waals surface area contributed by atoms with E-state index in [-0.39, 0.29) is 11.5 Å². The van der Waals surface area contributed by atoms with Crippen LogP contribution in [0.25, 0.3) is 0 Å². The van der Waals surface area contributed by atoms with Crippen molar-refractivity contribution in [1.29, 1.82) is 0 Å². The van der Waals surface area contributed by atoms with Crippen molar-refractivity contribution in [3.05, 3.63) is 29.8 Å². The monoisotopic (exact) mass is 217 g/mol. The first-order valence-electron chi connectivity index (χ1n) is 5.79. The van der Waals surface area contributed by atoms with Crippen LogP contribution in [0.1, 0.15) is 18.4 Å². The van der Waals surface area contributed by atoms with Crippen LogP contribution in [0, 0.1) is 0 Å². The lowest BCUT2D eigenvalue weighted by molar-refractivity contribution is -0.115. The maximum Gasteiger partial charge on any atom is 0.163 e. The van der Waals surface area contributed by atoms with E-state index < -0.39 is 0 Å². The summed E-state index contributed by atoms with van der Waals surface area (Å²) in [7, 11) is 0. The third-order valence-electron chi connectivity index (χ3n) is 3.84. The normalized spacial score (nSPS) is 26.1. The Morgan fingerprint density at radius 3 is 2.81 bits per heavy atom. The number of rotatable bonds is 1. The molecular weight excluding hydrogens is 202 g/mol. The Bertz CT molecular complexity index is 410. The van der Waals surface area contributed by atoms with Gasteiger partial charge in [0.25, 0.3) is 0 Å². The zero-order chi connectivity index (χ0) is 11.0. The zero-order valence-electron chi connectivity index (χ0n) is 9.11. The molecule has 0 amide bonds. The number of hydrogen-bond donors (Lipinski definition) is 1. The fourth-order valence-electron chi connectivity index (χ4n) is 2.97. The number of ether oxygens (including phenoxy) is 1. The Balaban J connectivity index is 2.09. The number of nitrogens with one attached hydrogen (secondary N) is 1. The van der Waals surface area contributed by atoms with Crippen LogP contribution in [0.5, 0.6) is 5.75 Å². The van der Waals surface area contributed by atoms with Gasteiger partial charge in [0.1, 0.15) is 5.75 Å². The summed E-state index contributed by atoms with van der Waals surface area (Å²) in [4.78, 5) is 11.2. The van der Waals surface area contributed by atoms with Gasteiger partial charge in [0, 0.05) is 11.0 Å². The van der Waals surface area contributed by atoms with Crippen molar-refractivity contribution in [2.45, 2.75) is 24.4 Å². The highest BCUT2D eigenvalue weighted by Gasteiger charge is 2.49. The molecule has 1 N–H and O–H groups in total. The number of fused-ring (bicyclic) bond motifs is 2. The second-order valence-electron chi connectivity index (χ2n) is 4.58. The lowest BCUT2D eigenvalue weighted by Crippen LogP contribution is -2.47. The average molecular weight is 217 g/mol. The van der Waals surface area contributed by atoms with Gasteiger partial charge in [-0.25, -0.2) is 0 Å². The van der Waals surface area contributed by atoms with Crippen molar-refractivity contribution in [2.24, 2.45) is 0 Å². The van der Waals surface area contributed by atoms with E-state index in [9.17, 15) is 4.79 Å². The van der Waals surface area contributed by atoms with Crippen molar-refractivity contribution in [3.63, 3.8) is 0 Å². The third kappa shape index (κ3) is 1.21. The van der Waals surface area contributed by atoms with Crippen LogP contribution in [-0.4, -0.2) is 25.5 Å². The van der Waals surface area contributed by atoms with E-state index >= 15 is 0 Å². The molecule has 2 aliphatic rings. The first-order valence-corrected chi connectivity index (χ1v) is 5.79. The molecule has 1 spiro atoms. The maximum atomic E-state index is 11.2. The summed E-state index contributed by atoms with van der Waals surface area (Å²) in [5.74, 6) is 0.890. The van der Waals surface area contributed by atoms with E-state index in [1.807, 2.05) is 18.2 Å². The molecule has 1 fully saturated rings. The van der Waals surface area contributed by atoms with E-state index in [0.29, 0.717) is 0 Å². The Morgan fingerprint density at radius 1 is 1.31 bits per heavy atom. The van der Waals surface area contributed by atoms with Crippen LogP contribution < -0.4 is 10.1 Å². The van der Waals surface area contributed by atoms with Gasteiger partial charge in [-0.3, -0.25) is 4.79 Å². The fourth-order valence-corrected chi connectivity index (χ4v) is 2.97. The molecule has 0 bridgehead atoms. The molecule has 84 valence electrons. The first kappa shape index (κ1) is 9.85. The van der Waals surface area contributed by atoms with Gasteiger partial charge in [0.05, 0.1) is 0 Å². The lowest BCUT2D eigenvalue weighted by Gasteiger charge is -2.35. The molecule has 3 nitrogen and oxygen atoms in total. The van der Waals surface area contributed by atoms with Gasteiger partial charge in [0.2, 0.25) is 0 Å². The average Bonchev–Trinajstić information content (AvgIpc) is 2.65. The smallest absolute Gasteiger partial charge is 0.163 e. The highest BCUT2D eigenvalue weighted by Crippen LogP contribution is 2.47. The minimum absolute atomic E-state index is 0.0798. The minimum atomic E-state index is -0.299. The highest BCUT2D eigenvalue weighted by molar-refractivity contribution is 5.65. The largest absolute Gasteiger partial charge is 0.482 e. The van der Waals surface area contributed by atoms with Crippen molar-refractivity contribution in [2.75, 3.05) is 13.1 Å². The number of carbonyl (C=O) groups is 1. The molecule has 0 radical (unpaired) electrons. The predicted molar refractivity (Wildman–Crippen MR) is 60.7 cm³/mol. The molecule has 1 saturated heterocycles. The Labute approximate surface area is 94.8 Å². The van der Waals surface area contributed by atoms with Gasteiger partial charge in [-0.2, -0.15) is 0 Å². The molecule has 1 aromatic carbocycles. The topological polar surface area (TPSA) is 38.3 Å². The van der Waals surface area contributed by atoms with Crippen LogP contribution in [0.3, 0.4) is 0 Å². The molecule has 0 aliphatic carbocycles. The van der Waals surface area contributed by atoms with Gasteiger partial charge in [0.15, 0.2) is 12.4 Å². The number of benzene rings is 1. The van der Waals surface area contributed by atoms with Gasteiger partial charge >= 0.3 is 0 Å². The predicted octanol–water partition coefficient (Wildman–Crippen LogP) is 1.27. The number of aldehydes is 1. The van der Waals surface area contributed by atoms with Gasteiger partial charge in [-0.15, -0.1) is 0 Å². The van der Waals surface area contributed by atoms with E-state index in [1.54, 1.807) is 0 Å². The number of carbonyl (C=O) groups excluding carboxylic acids is 1. The molecule has 1 atom stereocenters. The van der Waals surface area contributed by atoms with Crippen LogP contribution in [-0.2, 0) is 10.2 Å². The molecule has 1 unspecified atom stereocenters. The fraction of sp³-hybridized carbons (Fsp3) is 0.462.